The number of hydrogen-bond acceptors (Lipinski definition) is 5. The van der Waals surface area contributed by atoms with Gasteiger partial charge in [-0.3, -0.25) is 9.59 Å². The first-order valence-corrected chi connectivity index (χ1v) is 9.81. The van der Waals surface area contributed by atoms with Crippen molar-refractivity contribution in [2.45, 2.75) is 39.2 Å². The summed E-state index contributed by atoms with van der Waals surface area (Å²) in [5, 5.41) is 7.40. The molecule has 2 aliphatic rings. The molecule has 0 bridgehead atoms. The van der Waals surface area contributed by atoms with Gasteiger partial charge in [0.05, 0.1) is 24.8 Å². The average Bonchev–Trinajstić information content (AvgIpc) is 3.43. The van der Waals surface area contributed by atoms with Crippen LogP contribution in [0.15, 0.2) is 22.7 Å². The summed E-state index contributed by atoms with van der Waals surface area (Å²) < 4.78 is 12.7. The highest BCUT2D eigenvalue weighted by Crippen LogP contribution is 2.27. The lowest BCUT2D eigenvalue weighted by atomic mass is 10.0. The number of likely N-dealkylation sites (tertiary alicyclic amines) is 1. The van der Waals surface area contributed by atoms with Crippen molar-refractivity contribution in [3.8, 4) is 0 Å². The molecule has 2 aromatic heterocycles. The van der Waals surface area contributed by atoms with E-state index in [2.05, 4.69) is 10.4 Å². The van der Waals surface area contributed by atoms with E-state index in [1.165, 1.54) is 0 Å². The summed E-state index contributed by atoms with van der Waals surface area (Å²) in [7, 11) is 0. The van der Waals surface area contributed by atoms with Crippen LogP contribution in [0.2, 0.25) is 0 Å². The van der Waals surface area contributed by atoms with E-state index in [1.54, 1.807) is 6.20 Å². The van der Waals surface area contributed by atoms with Crippen molar-refractivity contribution in [3.63, 3.8) is 0 Å². The van der Waals surface area contributed by atoms with E-state index in [1.807, 2.05) is 35.6 Å². The van der Waals surface area contributed by atoms with Crippen LogP contribution < -0.4 is 5.32 Å². The number of hydrogen-bond donors (Lipinski definition) is 1. The number of ether oxygens (including phenoxy) is 1. The van der Waals surface area contributed by atoms with Gasteiger partial charge in [0, 0.05) is 31.3 Å². The second-order valence-corrected chi connectivity index (χ2v) is 7.60. The highest BCUT2D eigenvalue weighted by atomic mass is 16.5. The number of aryl methyl sites for hydroxylation is 2. The van der Waals surface area contributed by atoms with Crippen molar-refractivity contribution in [3.05, 3.63) is 35.4 Å². The number of carbonyl (C=O) groups is 2. The number of piperidine rings is 1. The van der Waals surface area contributed by atoms with Crippen LogP contribution in [-0.2, 0) is 9.53 Å². The SMILES string of the molecule is Cc1cc(C)c(C(=O)N2CCC(n3nccc3NC(=O)[C@H]3CCOC3)CC2)o1. The predicted octanol–water partition coefficient (Wildman–Crippen LogP) is 2.55. The topological polar surface area (TPSA) is 89.6 Å². The van der Waals surface area contributed by atoms with Gasteiger partial charge in [0.15, 0.2) is 5.76 Å². The van der Waals surface area contributed by atoms with Crippen LogP contribution in [0.5, 0.6) is 0 Å². The van der Waals surface area contributed by atoms with E-state index in [0.717, 1.165) is 30.6 Å². The lowest BCUT2D eigenvalue weighted by Crippen LogP contribution is -2.39. The molecule has 4 heterocycles. The van der Waals surface area contributed by atoms with Crippen LogP contribution in [0, 0.1) is 19.8 Å². The third kappa shape index (κ3) is 3.69. The number of furan rings is 1. The van der Waals surface area contributed by atoms with Gasteiger partial charge in [0.2, 0.25) is 5.91 Å². The quantitative estimate of drug-likeness (QED) is 0.872. The Bertz CT molecular complexity index is 857. The highest BCUT2D eigenvalue weighted by Gasteiger charge is 2.29. The fourth-order valence-corrected chi connectivity index (χ4v) is 3.98. The van der Waals surface area contributed by atoms with Gasteiger partial charge in [-0.15, -0.1) is 0 Å². The Labute approximate surface area is 163 Å². The summed E-state index contributed by atoms with van der Waals surface area (Å²) >= 11 is 0. The van der Waals surface area contributed by atoms with Crippen LogP contribution in [0.1, 0.15) is 47.2 Å². The van der Waals surface area contributed by atoms with Crippen molar-refractivity contribution in [1.29, 1.82) is 0 Å². The average molecular weight is 386 g/mol. The van der Waals surface area contributed by atoms with Crippen molar-refractivity contribution in [1.82, 2.24) is 14.7 Å². The first kappa shape index (κ1) is 18.7. The summed E-state index contributed by atoms with van der Waals surface area (Å²) in [6, 6.07) is 3.85. The summed E-state index contributed by atoms with van der Waals surface area (Å²) in [4.78, 5) is 26.9. The van der Waals surface area contributed by atoms with E-state index in [4.69, 9.17) is 9.15 Å². The Hall–Kier alpha value is -2.61. The molecule has 150 valence electrons. The Morgan fingerprint density at radius 3 is 2.64 bits per heavy atom. The van der Waals surface area contributed by atoms with Gasteiger partial charge in [-0.05, 0) is 39.2 Å². The van der Waals surface area contributed by atoms with Crippen LogP contribution >= 0.6 is 0 Å². The molecule has 0 saturated carbocycles. The van der Waals surface area contributed by atoms with Gasteiger partial charge in [0.1, 0.15) is 11.6 Å². The number of anilines is 1. The van der Waals surface area contributed by atoms with E-state index < -0.39 is 0 Å². The highest BCUT2D eigenvalue weighted by molar-refractivity contribution is 5.93. The number of nitrogens with one attached hydrogen (secondary N) is 1. The zero-order valence-corrected chi connectivity index (χ0v) is 16.3. The molecule has 4 rings (SSSR count). The van der Waals surface area contributed by atoms with Crippen LogP contribution in [-0.4, -0.2) is 52.8 Å². The van der Waals surface area contributed by atoms with Gasteiger partial charge in [-0.25, -0.2) is 4.68 Å². The van der Waals surface area contributed by atoms with Gasteiger partial charge >= 0.3 is 0 Å². The molecule has 28 heavy (non-hydrogen) atoms. The molecule has 2 fully saturated rings. The molecule has 2 aromatic rings. The molecule has 0 spiro atoms. The zero-order chi connectivity index (χ0) is 19.7. The maximum Gasteiger partial charge on any atom is 0.289 e. The van der Waals surface area contributed by atoms with Crippen molar-refractivity contribution >= 4 is 17.6 Å². The number of carbonyl (C=O) groups excluding carboxylic acids is 2. The largest absolute Gasteiger partial charge is 0.456 e. The molecule has 8 nitrogen and oxygen atoms in total. The van der Waals surface area contributed by atoms with Gasteiger partial charge in [0.25, 0.3) is 5.91 Å². The monoisotopic (exact) mass is 386 g/mol. The second kappa shape index (κ2) is 7.79. The number of aromatic nitrogens is 2. The summed E-state index contributed by atoms with van der Waals surface area (Å²) in [5.74, 6) is 1.72. The normalized spacial score (nSPS) is 20.5. The molecule has 0 aromatic carbocycles. The van der Waals surface area contributed by atoms with Crippen molar-refractivity contribution in [2.24, 2.45) is 5.92 Å². The van der Waals surface area contributed by atoms with E-state index >= 15 is 0 Å². The minimum absolute atomic E-state index is 0.0180. The Morgan fingerprint density at radius 2 is 2.00 bits per heavy atom. The van der Waals surface area contributed by atoms with Gasteiger partial charge in [-0.1, -0.05) is 0 Å². The maximum absolute atomic E-state index is 12.7. The molecule has 1 atom stereocenters. The van der Waals surface area contributed by atoms with Gasteiger partial charge in [-0.2, -0.15) is 5.10 Å². The third-order valence-electron chi connectivity index (χ3n) is 5.55. The molecule has 1 N–H and O–H groups in total. The van der Waals surface area contributed by atoms with Crippen LogP contribution in [0.4, 0.5) is 5.82 Å². The molecular formula is C20H26N4O4. The Morgan fingerprint density at radius 1 is 1.21 bits per heavy atom. The summed E-state index contributed by atoms with van der Waals surface area (Å²) in [6.07, 6.45) is 4.02. The number of amides is 2. The first-order valence-electron chi connectivity index (χ1n) is 9.81. The summed E-state index contributed by atoms with van der Waals surface area (Å²) in [5.41, 5.74) is 0.873. The van der Waals surface area contributed by atoms with Crippen molar-refractivity contribution < 1.29 is 18.7 Å². The Balaban J connectivity index is 1.38. The second-order valence-electron chi connectivity index (χ2n) is 7.60. The van der Waals surface area contributed by atoms with Crippen LogP contribution in [0.3, 0.4) is 0 Å². The zero-order valence-electron chi connectivity index (χ0n) is 16.3. The smallest absolute Gasteiger partial charge is 0.289 e. The molecule has 0 radical (unpaired) electrons. The number of nitrogens with zero attached hydrogens (tertiary/aromatic N) is 3. The third-order valence-corrected chi connectivity index (χ3v) is 5.55. The lowest BCUT2D eigenvalue weighted by Gasteiger charge is -2.32. The number of rotatable bonds is 4. The first-order chi connectivity index (χ1) is 13.5. The minimum atomic E-state index is -0.0946. The molecule has 2 amide bonds. The standard InChI is InChI=1S/C20H26N4O4/c1-13-11-14(2)28-18(13)20(26)23-8-4-16(5-9-23)24-17(3-7-21-24)22-19(25)15-6-10-27-12-15/h3,7,11,15-16H,4-6,8-10,12H2,1-2H3,(H,22,25)/t15-/m0/s1. The maximum atomic E-state index is 12.7. The molecule has 0 aliphatic carbocycles. The summed E-state index contributed by atoms with van der Waals surface area (Å²) in [6.45, 7) is 6.12. The minimum Gasteiger partial charge on any atom is -0.456 e. The van der Waals surface area contributed by atoms with Gasteiger partial charge < -0.3 is 19.4 Å². The van der Waals surface area contributed by atoms with E-state index in [0.29, 0.717) is 37.9 Å². The molecule has 0 unspecified atom stereocenters. The molecule has 2 aliphatic heterocycles. The van der Waals surface area contributed by atoms with Crippen LogP contribution in [0.25, 0.3) is 0 Å². The molecule has 8 heteroatoms. The van der Waals surface area contributed by atoms with E-state index in [-0.39, 0.29) is 23.8 Å². The predicted molar refractivity (Wildman–Crippen MR) is 102 cm³/mol. The van der Waals surface area contributed by atoms with E-state index in [9.17, 15) is 9.59 Å². The lowest BCUT2D eigenvalue weighted by molar-refractivity contribution is -0.119. The molecule has 2 saturated heterocycles. The van der Waals surface area contributed by atoms with Crippen molar-refractivity contribution in [2.75, 3.05) is 31.6 Å². The molecular weight excluding hydrogens is 360 g/mol. The Kier molecular flexibility index (Phi) is 5.21. The fourth-order valence-electron chi connectivity index (χ4n) is 3.98. The fraction of sp³-hybridized carbons (Fsp3) is 0.550.